The molecule has 0 saturated carbocycles. The molecule has 3 N–H and O–H groups in total. The predicted octanol–water partition coefficient (Wildman–Crippen LogP) is 0.803. The van der Waals surface area contributed by atoms with Crippen molar-refractivity contribution in [1.29, 1.82) is 0 Å². The Bertz CT molecular complexity index is 857. The highest BCUT2D eigenvalue weighted by atomic mass is 16.4. The van der Waals surface area contributed by atoms with E-state index in [1.807, 2.05) is 65.6 Å². The minimum absolute atomic E-state index is 0.220. The lowest BCUT2D eigenvalue weighted by atomic mass is 10.2. The lowest BCUT2D eigenvalue weighted by Gasteiger charge is -2.25. The van der Waals surface area contributed by atoms with Gasteiger partial charge in [0.05, 0.1) is 26.2 Å². The Hall–Kier alpha value is -3.56. The number of carboxylic acids is 2. The van der Waals surface area contributed by atoms with Gasteiger partial charge in [-0.15, -0.1) is 0 Å². The smallest absolute Gasteiger partial charge is 0.317 e. The van der Waals surface area contributed by atoms with Gasteiger partial charge in [0.1, 0.15) is 0 Å². The summed E-state index contributed by atoms with van der Waals surface area (Å²) in [5, 5.41) is 19.6. The van der Waals surface area contributed by atoms with Crippen LogP contribution in [0.5, 0.6) is 0 Å². The lowest BCUT2D eigenvalue weighted by Crippen LogP contribution is -2.50. The SMILES string of the molecule is O=C(O)CN(CC(=O)O)Cc1ccccc1.O=C1CN(Cc2ccccc2)CC(=O)N1. The maximum atomic E-state index is 11.1. The summed E-state index contributed by atoms with van der Waals surface area (Å²) in [6.07, 6.45) is 0. The van der Waals surface area contributed by atoms with Crippen LogP contribution >= 0.6 is 0 Å². The predicted molar refractivity (Wildman–Crippen MR) is 112 cm³/mol. The number of nitrogens with zero attached hydrogens (tertiary/aromatic N) is 2. The molecule has 0 radical (unpaired) electrons. The molecule has 0 aromatic heterocycles. The summed E-state index contributed by atoms with van der Waals surface area (Å²) in [4.78, 5) is 46.5. The second-order valence-corrected chi connectivity index (χ2v) is 7.02. The van der Waals surface area contributed by atoms with Crippen LogP contribution in [-0.2, 0) is 32.3 Å². The molecule has 1 aliphatic heterocycles. The number of rotatable bonds is 8. The summed E-state index contributed by atoms with van der Waals surface area (Å²) in [7, 11) is 0. The van der Waals surface area contributed by atoms with Gasteiger partial charge < -0.3 is 10.2 Å². The topological polar surface area (TPSA) is 127 Å². The van der Waals surface area contributed by atoms with E-state index in [0.717, 1.165) is 11.1 Å². The highest BCUT2D eigenvalue weighted by Crippen LogP contribution is 2.06. The Morgan fingerprint density at radius 3 is 1.71 bits per heavy atom. The second-order valence-electron chi connectivity index (χ2n) is 7.02. The van der Waals surface area contributed by atoms with Gasteiger partial charge in [0.2, 0.25) is 11.8 Å². The van der Waals surface area contributed by atoms with E-state index in [2.05, 4.69) is 5.32 Å². The van der Waals surface area contributed by atoms with Gasteiger partial charge >= 0.3 is 11.9 Å². The molecule has 1 heterocycles. The fraction of sp³-hybridized carbons (Fsp3) is 0.273. The van der Waals surface area contributed by atoms with E-state index in [1.165, 1.54) is 4.90 Å². The van der Waals surface area contributed by atoms with Crippen LogP contribution in [-0.4, -0.2) is 69.9 Å². The molecule has 1 aliphatic rings. The Balaban J connectivity index is 0.000000220. The van der Waals surface area contributed by atoms with E-state index in [-0.39, 0.29) is 24.9 Å². The summed E-state index contributed by atoms with van der Waals surface area (Å²) < 4.78 is 0. The van der Waals surface area contributed by atoms with Crippen LogP contribution in [0.3, 0.4) is 0 Å². The average molecular weight is 427 g/mol. The molecule has 2 aromatic rings. The highest BCUT2D eigenvalue weighted by molar-refractivity contribution is 5.99. The first-order chi connectivity index (χ1) is 14.8. The number of carbonyl (C=O) groups is 4. The summed E-state index contributed by atoms with van der Waals surface area (Å²) in [6, 6.07) is 19.0. The van der Waals surface area contributed by atoms with Crippen LogP contribution in [0.4, 0.5) is 0 Å². The Morgan fingerprint density at radius 2 is 1.26 bits per heavy atom. The van der Waals surface area contributed by atoms with Gasteiger partial charge in [-0.3, -0.25) is 34.3 Å². The van der Waals surface area contributed by atoms with E-state index < -0.39 is 11.9 Å². The number of hydrogen-bond acceptors (Lipinski definition) is 6. The Kier molecular flexibility index (Phi) is 9.34. The van der Waals surface area contributed by atoms with Gasteiger partial charge in [0.25, 0.3) is 0 Å². The molecule has 0 bridgehead atoms. The van der Waals surface area contributed by atoms with Crippen molar-refractivity contribution in [3.63, 3.8) is 0 Å². The summed E-state index contributed by atoms with van der Waals surface area (Å²) in [6.45, 7) is 0.989. The Labute approximate surface area is 179 Å². The third-order valence-corrected chi connectivity index (χ3v) is 4.23. The van der Waals surface area contributed by atoms with Crippen molar-refractivity contribution in [2.75, 3.05) is 26.2 Å². The van der Waals surface area contributed by atoms with Crippen molar-refractivity contribution >= 4 is 23.8 Å². The standard InChI is InChI=1S/C11H12N2O2.C11H13NO4/c14-10-7-13(8-11(15)12-10)6-9-4-2-1-3-5-9;13-10(14)7-12(8-11(15)16)6-9-4-2-1-3-5-9/h1-5H,6-8H2,(H,12,14,15);1-5H,6-8H2,(H,13,14)(H,15,16). The van der Waals surface area contributed by atoms with Crippen LogP contribution in [0.2, 0.25) is 0 Å². The number of hydrogen-bond donors (Lipinski definition) is 3. The molecule has 0 atom stereocenters. The second kappa shape index (κ2) is 12.2. The normalized spacial score (nSPS) is 13.8. The minimum Gasteiger partial charge on any atom is -0.480 e. The Morgan fingerprint density at radius 1 is 0.806 bits per heavy atom. The molecule has 31 heavy (non-hydrogen) atoms. The first-order valence-corrected chi connectivity index (χ1v) is 9.60. The fourth-order valence-electron chi connectivity index (χ4n) is 3.04. The number of carboxylic acid groups (broad SMARTS) is 2. The van der Waals surface area contributed by atoms with Gasteiger partial charge in [-0.1, -0.05) is 60.7 Å². The maximum absolute atomic E-state index is 11.1. The van der Waals surface area contributed by atoms with Crippen molar-refractivity contribution in [2.45, 2.75) is 13.1 Å². The molecule has 9 nitrogen and oxygen atoms in total. The monoisotopic (exact) mass is 427 g/mol. The van der Waals surface area contributed by atoms with Crippen molar-refractivity contribution in [2.24, 2.45) is 0 Å². The number of imide groups is 1. The summed E-state index contributed by atoms with van der Waals surface area (Å²) >= 11 is 0. The summed E-state index contributed by atoms with van der Waals surface area (Å²) in [5.74, 6) is -2.50. The van der Waals surface area contributed by atoms with Crippen LogP contribution in [0, 0.1) is 0 Å². The molecule has 1 fully saturated rings. The van der Waals surface area contributed by atoms with Crippen LogP contribution < -0.4 is 5.32 Å². The first kappa shape index (κ1) is 23.7. The molecule has 2 aromatic carbocycles. The van der Waals surface area contributed by atoms with Crippen molar-refractivity contribution in [1.82, 2.24) is 15.1 Å². The molecule has 1 saturated heterocycles. The van der Waals surface area contributed by atoms with Gasteiger partial charge in [0.15, 0.2) is 0 Å². The van der Waals surface area contributed by atoms with E-state index in [9.17, 15) is 19.2 Å². The first-order valence-electron chi connectivity index (χ1n) is 9.60. The molecule has 2 amide bonds. The number of carbonyl (C=O) groups excluding carboxylic acids is 2. The van der Waals surface area contributed by atoms with Gasteiger partial charge in [-0.2, -0.15) is 0 Å². The van der Waals surface area contributed by atoms with Crippen LogP contribution in [0.1, 0.15) is 11.1 Å². The third-order valence-electron chi connectivity index (χ3n) is 4.23. The van der Waals surface area contributed by atoms with Crippen LogP contribution in [0.15, 0.2) is 60.7 Å². The van der Waals surface area contributed by atoms with Gasteiger partial charge in [-0.25, -0.2) is 0 Å². The number of amides is 2. The minimum atomic E-state index is -1.03. The molecular weight excluding hydrogens is 402 g/mol. The fourth-order valence-corrected chi connectivity index (χ4v) is 3.04. The van der Waals surface area contributed by atoms with Gasteiger partial charge in [0, 0.05) is 13.1 Å². The molecule has 3 rings (SSSR count). The third kappa shape index (κ3) is 9.66. The average Bonchev–Trinajstić information content (AvgIpc) is 2.68. The molecule has 0 unspecified atom stereocenters. The molecule has 164 valence electrons. The zero-order valence-corrected chi connectivity index (χ0v) is 16.9. The molecular formula is C22H25N3O6. The number of benzene rings is 2. The van der Waals surface area contributed by atoms with Gasteiger partial charge in [-0.05, 0) is 11.1 Å². The van der Waals surface area contributed by atoms with Crippen LogP contribution in [0.25, 0.3) is 0 Å². The zero-order valence-electron chi connectivity index (χ0n) is 16.9. The number of nitrogens with one attached hydrogen (secondary N) is 1. The van der Waals surface area contributed by atoms with E-state index >= 15 is 0 Å². The van der Waals surface area contributed by atoms with Crippen molar-refractivity contribution < 1.29 is 29.4 Å². The molecule has 0 aliphatic carbocycles. The zero-order chi connectivity index (χ0) is 22.6. The largest absolute Gasteiger partial charge is 0.480 e. The van der Waals surface area contributed by atoms with Crippen molar-refractivity contribution in [3.8, 4) is 0 Å². The summed E-state index contributed by atoms with van der Waals surface area (Å²) in [5.41, 5.74) is 2.00. The van der Waals surface area contributed by atoms with E-state index in [4.69, 9.17) is 10.2 Å². The number of piperazine rings is 1. The van der Waals surface area contributed by atoms with E-state index in [0.29, 0.717) is 26.2 Å². The molecule has 9 heteroatoms. The highest BCUT2D eigenvalue weighted by Gasteiger charge is 2.21. The quantitative estimate of drug-likeness (QED) is 0.528. The maximum Gasteiger partial charge on any atom is 0.317 e. The molecule has 0 spiro atoms. The number of aliphatic carboxylic acids is 2. The van der Waals surface area contributed by atoms with Crippen molar-refractivity contribution in [3.05, 3.63) is 71.8 Å². The lowest BCUT2D eigenvalue weighted by molar-refractivity contribution is -0.142. The van der Waals surface area contributed by atoms with E-state index in [1.54, 1.807) is 0 Å².